The number of alkyl halides is 3. The molecule has 1 unspecified atom stereocenters. The van der Waals surface area contributed by atoms with Gasteiger partial charge in [0.25, 0.3) is 5.56 Å². The van der Waals surface area contributed by atoms with Crippen molar-refractivity contribution in [2.45, 2.75) is 44.0 Å². The number of piperidine rings is 1. The molecule has 216 valence electrons. The van der Waals surface area contributed by atoms with Gasteiger partial charge in [0.05, 0.1) is 21.3 Å². The Morgan fingerprint density at radius 3 is 2.76 bits per heavy atom. The summed E-state index contributed by atoms with van der Waals surface area (Å²) < 4.78 is 45.7. The Labute approximate surface area is 242 Å². The Morgan fingerprint density at radius 2 is 2.02 bits per heavy atom. The van der Waals surface area contributed by atoms with Crippen molar-refractivity contribution in [3.8, 4) is 5.75 Å². The molecule has 1 fully saturated rings. The second-order valence-corrected chi connectivity index (χ2v) is 11.0. The molecule has 0 bridgehead atoms. The molecule has 1 saturated heterocycles. The number of rotatable bonds is 8. The number of pyridine rings is 1. The molecule has 2 aromatic heterocycles. The van der Waals surface area contributed by atoms with Gasteiger partial charge in [-0.1, -0.05) is 35.5 Å². The predicted octanol–water partition coefficient (Wildman–Crippen LogP) is 5.81. The van der Waals surface area contributed by atoms with Crippen molar-refractivity contribution >= 4 is 34.6 Å². The number of amides is 1. The molecule has 0 aliphatic carbocycles. The molecule has 1 atom stereocenters. The van der Waals surface area contributed by atoms with Crippen molar-refractivity contribution in [1.29, 1.82) is 0 Å². The Hall–Kier alpha value is -3.64. The normalized spacial score (nSPS) is 17.7. The topological polar surface area (TPSA) is 86.0 Å². The van der Waals surface area contributed by atoms with E-state index in [0.29, 0.717) is 61.5 Å². The number of halogens is 4. The van der Waals surface area contributed by atoms with Crippen molar-refractivity contribution in [1.82, 2.24) is 14.5 Å². The van der Waals surface area contributed by atoms with Crippen molar-refractivity contribution in [3.63, 3.8) is 0 Å². The first-order valence-corrected chi connectivity index (χ1v) is 14.2. The van der Waals surface area contributed by atoms with E-state index in [0.717, 1.165) is 26.9 Å². The lowest BCUT2D eigenvalue weighted by molar-refractivity contribution is -0.139. The highest BCUT2D eigenvalue weighted by atomic mass is 35.5. The van der Waals surface area contributed by atoms with Crippen LogP contribution in [0.3, 0.4) is 0 Å². The summed E-state index contributed by atoms with van der Waals surface area (Å²) in [4.78, 5) is 37.1. The number of hydrogen-bond donors (Lipinski definition) is 0. The zero-order chi connectivity index (χ0) is 29.1. The van der Waals surface area contributed by atoms with Gasteiger partial charge in [-0.25, -0.2) is 4.98 Å². The number of ether oxygens (including phenoxy) is 1. The maximum absolute atomic E-state index is 13.1. The van der Waals surface area contributed by atoms with E-state index in [9.17, 15) is 22.8 Å². The largest absolute Gasteiger partial charge is 0.489 e. The van der Waals surface area contributed by atoms with E-state index in [4.69, 9.17) is 26.2 Å². The number of aromatic nitrogens is 2. The summed E-state index contributed by atoms with van der Waals surface area (Å²) in [6.07, 6.45) is -0.586. The lowest BCUT2D eigenvalue weighted by Gasteiger charge is -2.31. The van der Waals surface area contributed by atoms with E-state index >= 15 is 0 Å². The number of carbonyl (C=O) groups is 1. The fourth-order valence-corrected chi connectivity index (χ4v) is 6.18. The van der Waals surface area contributed by atoms with Gasteiger partial charge < -0.3 is 19.0 Å². The van der Waals surface area contributed by atoms with Crippen LogP contribution in [0.5, 0.6) is 5.75 Å². The number of benzene rings is 1. The average Bonchev–Trinajstić information content (AvgIpc) is 3.63. The van der Waals surface area contributed by atoms with E-state index in [-0.39, 0.29) is 5.92 Å². The molecule has 8 nitrogen and oxygen atoms in total. The smallest absolute Gasteiger partial charge is 0.421 e. The van der Waals surface area contributed by atoms with Crippen LogP contribution >= 0.6 is 22.9 Å². The van der Waals surface area contributed by atoms with E-state index < -0.39 is 35.9 Å². The maximum atomic E-state index is 13.1. The predicted molar refractivity (Wildman–Crippen MR) is 148 cm³/mol. The van der Waals surface area contributed by atoms with Crippen LogP contribution in [0.25, 0.3) is 0 Å². The maximum Gasteiger partial charge on any atom is 0.421 e. The summed E-state index contributed by atoms with van der Waals surface area (Å²) in [6.45, 7) is 4.39. The standard InChI is InChI=1S/C28H26ClF3N4O4S/c1-2-13-39-22-7-3-6-19(29)25(22)23-14-20(34-40-23)21-16-41-26(33-21)17-8-11-35(12-9-17)24(37)15-36-10-4-5-18(27(36)38)28(30,31)32/h2-7,10,16-17,23H,1,8-9,11-15H2. The van der Waals surface area contributed by atoms with Crippen LogP contribution < -0.4 is 10.3 Å². The van der Waals surface area contributed by atoms with Crippen LogP contribution in [0.4, 0.5) is 13.2 Å². The number of carbonyl (C=O) groups excluding carboxylic acids is 1. The summed E-state index contributed by atoms with van der Waals surface area (Å²) in [6, 6.07) is 7.23. The van der Waals surface area contributed by atoms with Crippen LogP contribution in [-0.4, -0.2) is 45.8 Å². The molecule has 3 aromatic rings. The van der Waals surface area contributed by atoms with Gasteiger partial charge in [0, 0.05) is 37.0 Å². The molecule has 4 heterocycles. The summed E-state index contributed by atoms with van der Waals surface area (Å²) >= 11 is 7.97. The van der Waals surface area contributed by atoms with Gasteiger partial charge in [-0.15, -0.1) is 11.3 Å². The van der Waals surface area contributed by atoms with Crippen molar-refractivity contribution in [2.24, 2.45) is 5.16 Å². The zero-order valence-electron chi connectivity index (χ0n) is 21.8. The van der Waals surface area contributed by atoms with Crippen LogP contribution in [-0.2, 0) is 22.4 Å². The third kappa shape index (κ3) is 6.33. The summed E-state index contributed by atoms with van der Waals surface area (Å²) in [5.41, 5.74) is -0.380. The first-order chi connectivity index (χ1) is 19.7. The molecule has 13 heteroatoms. The number of likely N-dealkylation sites (tertiary alicyclic amines) is 1. The van der Waals surface area contributed by atoms with E-state index in [1.54, 1.807) is 23.1 Å². The SMILES string of the molecule is C=CCOc1cccc(Cl)c1C1CC(c2csc(C3CCN(C(=O)Cn4cccc(C(F)(F)F)c4=O)CC3)n2)=NO1. The van der Waals surface area contributed by atoms with E-state index in [2.05, 4.69) is 11.7 Å². The molecular weight excluding hydrogens is 581 g/mol. The Kier molecular flexibility index (Phi) is 8.50. The lowest BCUT2D eigenvalue weighted by atomic mass is 9.97. The van der Waals surface area contributed by atoms with Gasteiger partial charge in [0.2, 0.25) is 5.91 Å². The van der Waals surface area contributed by atoms with Crippen LogP contribution in [0.2, 0.25) is 5.02 Å². The fourth-order valence-electron chi connectivity index (χ4n) is 4.89. The molecular formula is C28H26ClF3N4O4S. The number of thiazole rings is 1. The number of oxime groups is 1. The minimum atomic E-state index is -4.78. The fraction of sp³-hybridized carbons (Fsp3) is 0.357. The minimum absolute atomic E-state index is 0.121. The highest BCUT2D eigenvalue weighted by Crippen LogP contribution is 2.40. The molecule has 1 aromatic carbocycles. The summed E-state index contributed by atoms with van der Waals surface area (Å²) in [5, 5.41) is 7.63. The Morgan fingerprint density at radius 1 is 1.24 bits per heavy atom. The summed E-state index contributed by atoms with van der Waals surface area (Å²) in [5.74, 6) is 0.330. The van der Waals surface area contributed by atoms with Gasteiger partial charge in [-0.05, 0) is 37.1 Å². The zero-order valence-corrected chi connectivity index (χ0v) is 23.3. The van der Waals surface area contributed by atoms with Gasteiger partial charge in [0.15, 0.2) is 6.10 Å². The third-order valence-corrected chi connectivity index (χ3v) is 8.34. The van der Waals surface area contributed by atoms with Gasteiger partial charge >= 0.3 is 6.18 Å². The molecule has 5 rings (SSSR count). The van der Waals surface area contributed by atoms with Gasteiger partial charge in [-0.2, -0.15) is 13.2 Å². The van der Waals surface area contributed by atoms with E-state index in [1.807, 2.05) is 11.4 Å². The quantitative estimate of drug-likeness (QED) is 0.302. The number of nitrogens with zero attached hydrogens (tertiary/aromatic N) is 4. The van der Waals surface area contributed by atoms with Crippen molar-refractivity contribution in [2.75, 3.05) is 19.7 Å². The monoisotopic (exact) mass is 606 g/mol. The first-order valence-electron chi connectivity index (χ1n) is 12.9. The molecule has 0 radical (unpaired) electrons. The number of hydrogen-bond acceptors (Lipinski definition) is 7. The molecule has 41 heavy (non-hydrogen) atoms. The van der Waals surface area contributed by atoms with Gasteiger partial charge in [-0.3, -0.25) is 9.59 Å². The van der Waals surface area contributed by atoms with Crippen LogP contribution in [0.15, 0.2) is 64.5 Å². The molecule has 0 spiro atoms. The Balaban J connectivity index is 1.18. The van der Waals surface area contributed by atoms with Crippen LogP contribution in [0.1, 0.15) is 53.1 Å². The molecule has 0 saturated carbocycles. The molecule has 2 aliphatic rings. The Bertz CT molecular complexity index is 1530. The summed E-state index contributed by atoms with van der Waals surface area (Å²) in [7, 11) is 0. The second-order valence-electron chi connectivity index (χ2n) is 9.67. The second kappa shape index (κ2) is 12.1. The van der Waals surface area contributed by atoms with Crippen LogP contribution in [0, 0.1) is 0 Å². The minimum Gasteiger partial charge on any atom is -0.489 e. The van der Waals surface area contributed by atoms with E-state index in [1.165, 1.54) is 17.5 Å². The van der Waals surface area contributed by atoms with Crippen molar-refractivity contribution < 1.29 is 27.5 Å². The average molecular weight is 607 g/mol. The highest BCUT2D eigenvalue weighted by Gasteiger charge is 2.35. The van der Waals surface area contributed by atoms with Gasteiger partial charge in [0.1, 0.15) is 30.2 Å². The highest BCUT2D eigenvalue weighted by molar-refractivity contribution is 7.10. The molecule has 0 N–H and O–H groups in total. The third-order valence-electron chi connectivity index (χ3n) is 7.01. The first kappa shape index (κ1) is 28.9. The molecule has 1 amide bonds. The molecule has 2 aliphatic heterocycles. The lowest BCUT2D eigenvalue weighted by Crippen LogP contribution is -2.41. The van der Waals surface area contributed by atoms with Crippen molar-refractivity contribution in [3.05, 3.63) is 91.8 Å².